The summed E-state index contributed by atoms with van der Waals surface area (Å²) < 4.78 is 6.03. The van der Waals surface area contributed by atoms with E-state index < -0.39 is 0 Å². The lowest BCUT2D eigenvalue weighted by Crippen LogP contribution is -2.46. The van der Waals surface area contributed by atoms with Crippen LogP contribution in [0.2, 0.25) is 0 Å². The van der Waals surface area contributed by atoms with E-state index in [0.29, 0.717) is 26.2 Å². The lowest BCUT2D eigenvalue weighted by Gasteiger charge is -2.39. The summed E-state index contributed by atoms with van der Waals surface area (Å²) in [7, 11) is 0. The number of carbonyl (C=O) groups is 1. The zero-order valence-electron chi connectivity index (χ0n) is 18.2. The Morgan fingerprint density at radius 1 is 0.969 bits per heavy atom. The molecular weight excluding hydrogens is 396 g/mol. The van der Waals surface area contributed by atoms with Crippen molar-refractivity contribution in [3.63, 3.8) is 0 Å². The number of nitrogens with two attached hydrogens (primary N) is 1. The molecule has 4 heteroatoms. The van der Waals surface area contributed by atoms with Crippen molar-refractivity contribution in [1.29, 1.82) is 0 Å². The molecule has 5 rings (SSSR count). The Balaban J connectivity index is 1.39. The number of fused-ring (bicyclic) bond motifs is 2. The fourth-order valence-electron chi connectivity index (χ4n) is 4.86. The predicted molar refractivity (Wildman–Crippen MR) is 128 cm³/mol. The van der Waals surface area contributed by atoms with Crippen LogP contribution >= 0.6 is 0 Å². The minimum atomic E-state index is -0.0205. The number of piperidine rings is 1. The molecule has 0 unspecified atom stereocenters. The quantitative estimate of drug-likeness (QED) is 0.490. The Bertz CT molecular complexity index is 1130. The number of nitrogens with zero attached hydrogens (tertiary/aromatic N) is 1. The van der Waals surface area contributed by atoms with Gasteiger partial charge in [-0.1, -0.05) is 72.8 Å². The standard InChI is InChI=1S/C28H28N2O2/c29-19-22-11-12-26-25(18-22)28(20-32-26)13-15-30(16-14-28)27(31)24(23-9-5-2-6-10-23)17-21-7-3-1-4-8-21/h1-12,17-18H,13-16,19-20,29H2/b24-17-. The highest BCUT2D eigenvalue weighted by Gasteiger charge is 2.44. The smallest absolute Gasteiger partial charge is 0.254 e. The Morgan fingerprint density at radius 3 is 2.34 bits per heavy atom. The Hall–Kier alpha value is -3.37. The SMILES string of the molecule is NCc1ccc2c(c1)C1(CCN(C(=O)/C(=C\c3ccccc3)c3ccccc3)CC1)CO2. The zero-order valence-corrected chi connectivity index (χ0v) is 18.2. The largest absolute Gasteiger partial charge is 0.492 e. The van der Waals surface area contributed by atoms with E-state index >= 15 is 0 Å². The predicted octanol–water partition coefficient (Wildman–Crippen LogP) is 4.64. The average molecular weight is 425 g/mol. The number of rotatable bonds is 4. The van der Waals surface area contributed by atoms with E-state index in [4.69, 9.17) is 10.5 Å². The van der Waals surface area contributed by atoms with E-state index in [1.807, 2.05) is 83.8 Å². The molecule has 1 amide bonds. The molecular formula is C28H28N2O2. The minimum absolute atomic E-state index is 0.0205. The summed E-state index contributed by atoms with van der Waals surface area (Å²) in [6.45, 7) is 2.64. The molecule has 0 aromatic heterocycles. The normalized spacial score (nSPS) is 17.2. The van der Waals surface area contributed by atoms with Crippen LogP contribution in [0.25, 0.3) is 11.6 Å². The molecule has 1 fully saturated rings. The number of amides is 1. The van der Waals surface area contributed by atoms with Crippen LogP contribution in [0.4, 0.5) is 0 Å². The van der Waals surface area contributed by atoms with E-state index in [1.54, 1.807) is 0 Å². The first kappa shape index (κ1) is 20.5. The molecule has 2 N–H and O–H groups in total. The van der Waals surface area contributed by atoms with Crippen molar-refractivity contribution in [1.82, 2.24) is 4.90 Å². The number of benzene rings is 3. The van der Waals surface area contributed by atoms with Gasteiger partial charge in [0.1, 0.15) is 5.75 Å². The van der Waals surface area contributed by atoms with Crippen LogP contribution in [-0.2, 0) is 16.8 Å². The molecule has 32 heavy (non-hydrogen) atoms. The average Bonchev–Trinajstić information content (AvgIpc) is 3.21. The van der Waals surface area contributed by atoms with Crippen molar-refractivity contribution in [3.05, 3.63) is 101 Å². The van der Waals surface area contributed by atoms with Crippen LogP contribution in [0, 0.1) is 0 Å². The summed E-state index contributed by atoms with van der Waals surface area (Å²) in [6, 6.07) is 26.3. The first-order valence-electron chi connectivity index (χ1n) is 11.3. The maximum absolute atomic E-state index is 13.7. The summed E-state index contributed by atoms with van der Waals surface area (Å²) in [5.74, 6) is 1.06. The monoisotopic (exact) mass is 424 g/mol. The maximum atomic E-state index is 13.7. The molecule has 0 saturated carbocycles. The van der Waals surface area contributed by atoms with Crippen molar-refractivity contribution >= 4 is 17.6 Å². The van der Waals surface area contributed by atoms with Crippen LogP contribution in [0.5, 0.6) is 5.75 Å². The van der Waals surface area contributed by atoms with Gasteiger partial charge in [-0.25, -0.2) is 0 Å². The molecule has 2 aliphatic heterocycles. The number of hydrogen-bond acceptors (Lipinski definition) is 3. The maximum Gasteiger partial charge on any atom is 0.254 e. The second-order valence-corrected chi connectivity index (χ2v) is 8.73. The first-order valence-corrected chi connectivity index (χ1v) is 11.3. The van der Waals surface area contributed by atoms with Crippen LogP contribution in [0.3, 0.4) is 0 Å². The van der Waals surface area contributed by atoms with E-state index in [2.05, 4.69) is 6.07 Å². The highest BCUT2D eigenvalue weighted by atomic mass is 16.5. The minimum Gasteiger partial charge on any atom is -0.492 e. The summed E-state index contributed by atoms with van der Waals surface area (Å²) >= 11 is 0. The van der Waals surface area contributed by atoms with Gasteiger partial charge >= 0.3 is 0 Å². The second-order valence-electron chi connectivity index (χ2n) is 8.73. The van der Waals surface area contributed by atoms with Crippen molar-refractivity contribution in [2.75, 3.05) is 19.7 Å². The fourth-order valence-corrected chi connectivity index (χ4v) is 4.86. The van der Waals surface area contributed by atoms with Gasteiger partial charge in [0.25, 0.3) is 5.91 Å². The van der Waals surface area contributed by atoms with Crippen LogP contribution in [0.15, 0.2) is 78.9 Å². The molecule has 0 radical (unpaired) electrons. The summed E-state index contributed by atoms with van der Waals surface area (Å²) in [6.07, 6.45) is 3.80. The molecule has 2 aliphatic rings. The molecule has 2 heterocycles. The molecule has 1 saturated heterocycles. The van der Waals surface area contributed by atoms with Crippen LogP contribution in [-0.4, -0.2) is 30.5 Å². The Kier molecular flexibility index (Phi) is 5.54. The van der Waals surface area contributed by atoms with Gasteiger partial charge in [0, 0.05) is 36.2 Å². The molecule has 0 bridgehead atoms. The number of carbonyl (C=O) groups excluding carboxylic acids is 1. The third-order valence-corrected chi connectivity index (χ3v) is 6.79. The zero-order chi connectivity index (χ0) is 22.0. The summed E-state index contributed by atoms with van der Waals surface area (Å²) in [5.41, 5.74) is 11.0. The molecule has 1 spiro atoms. The van der Waals surface area contributed by atoms with Crippen molar-refractivity contribution in [2.45, 2.75) is 24.8 Å². The van der Waals surface area contributed by atoms with Gasteiger partial charge < -0.3 is 15.4 Å². The van der Waals surface area contributed by atoms with E-state index in [0.717, 1.165) is 40.9 Å². The van der Waals surface area contributed by atoms with Gasteiger partial charge in [-0.05, 0) is 41.7 Å². The summed E-state index contributed by atoms with van der Waals surface area (Å²) in [5, 5.41) is 0. The van der Waals surface area contributed by atoms with Crippen LogP contribution in [0.1, 0.15) is 35.1 Å². The Morgan fingerprint density at radius 2 is 1.66 bits per heavy atom. The van der Waals surface area contributed by atoms with Crippen molar-refractivity contribution < 1.29 is 9.53 Å². The fraction of sp³-hybridized carbons (Fsp3) is 0.250. The van der Waals surface area contributed by atoms with E-state index in [9.17, 15) is 4.79 Å². The molecule has 0 atom stereocenters. The van der Waals surface area contributed by atoms with Gasteiger partial charge in [0.15, 0.2) is 0 Å². The lowest BCUT2D eigenvalue weighted by molar-refractivity contribution is -0.126. The topological polar surface area (TPSA) is 55.6 Å². The molecule has 4 nitrogen and oxygen atoms in total. The van der Waals surface area contributed by atoms with E-state index in [1.165, 1.54) is 5.56 Å². The number of likely N-dealkylation sites (tertiary alicyclic amines) is 1. The van der Waals surface area contributed by atoms with Gasteiger partial charge in [-0.2, -0.15) is 0 Å². The molecule has 162 valence electrons. The first-order chi connectivity index (χ1) is 15.7. The molecule has 3 aromatic carbocycles. The lowest BCUT2D eigenvalue weighted by atomic mass is 9.74. The van der Waals surface area contributed by atoms with Gasteiger partial charge in [0.05, 0.1) is 6.61 Å². The van der Waals surface area contributed by atoms with Gasteiger partial charge in [0.2, 0.25) is 0 Å². The number of hydrogen-bond donors (Lipinski definition) is 1. The number of ether oxygens (including phenoxy) is 1. The summed E-state index contributed by atoms with van der Waals surface area (Å²) in [4.78, 5) is 15.7. The van der Waals surface area contributed by atoms with Crippen LogP contribution < -0.4 is 10.5 Å². The second kappa shape index (κ2) is 8.64. The van der Waals surface area contributed by atoms with E-state index in [-0.39, 0.29) is 11.3 Å². The third-order valence-electron chi connectivity index (χ3n) is 6.79. The Labute approximate surface area is 189 Å². The van der Waals surface area contributed by atoms with Gasteiger partial charge in [-0.3, -0.25) is 4.79 Å². The molecule has 3 aromatic rings. The van der Waals surface area contributed by atoms with Gasteiger partial charge in [-0.15, -0.1) is 0 Å². The highest BCUT2D eigenvalue weighted by molar-refractivity contribution is 6.24. The van der Waals surface area contributed by atoms with Crippen molar-refractivity contribution in [2.24, 2.45) is 5.73 Å². The van der Waals surface area contributed by atoms with Crippen molar-refractivity contribution in [3.8, 4) is 5.75 Å². The third kappa shape index (κ3) is 3.82. The molecule has 0 aliphatic carbocycles. The highest BCUT2D eigenvalue weighted by Crippen LogP contribution is 2.46.